The lowest BCUT2D eigenvalue weighted by molar-refractivity contribution is -0.133. The molecule has 2 amide bonds. The van der Waals surface area contributed by atoms with Crippen LogP contribution in [0.15, 0.2) is 0 Å². The van der Waals surface area contributed by atoms with Crippen LogP contribution in [0.25, 0.3) is 0 Å². The zero-order chi connectivity index (χ0) is 16.7. The number of methoxy groups -OCH3 is 1. The van der Waals surface area contributed by atoms with Crippen LogP contribution in [0, 0.1) is 0 Å². The topological polar surface area (TPSA) is 90.9 Å². The molecular weight excluding hydrogens is 286 g/mol. The van der Waals surface area contributed by atoms with Crippen molar-refractivity contribution in [3.63, 3.8) is 0 Å². The molecule has 7 nitrogen and oxygen atoms in total. The predicted molar refractivity (Wildman–Crippen MR) is 83.4 cm³/mol. The Hall–Kier alpha value is -1.18. The van der Waals surface area contributed by atoms with Gasteiger partial charge < -0.3 is 20.5 Å². The van der Waals surface area contributed by atoms with E-state index >= 15 is 0 Å². The van der Waals surface area contributed by atoms with Gasteiger partial charge in [-0.15, -0.1) is 0 Å². The van der Waals surface area contributed by atoms with Gasteiger partial charge in [-0.2, -0.15) is 0 Å². The largest absolute Gasteiger partial charge is 0.394 e. The molecule has 2 atom stereocenters. The highest BCUT2D eigenvalue weighted by atomic mass is 16.5. The van der Waals surface area contributed by atoms with Crippen LogP contribution in [0.4, 0.5) is 0 Å². The van der Waals surface area contributed by atoms with Crippen LogP contribution in [0.5, 0.6) is 0 Å². The number of rotatable bonds is 9. The molecule has 0 heterocycles. The minimum atomic E-state index is -0.531. The summed E-state index contributed by atoms with van der Waals surface area (Å²) >= 11 is 0. The summed E-state index contributed by atoms with van der Waals surface area (Å²) in [6, 6.07) is -0.394. The first-order chi connectivity index (χ1) is 10.4. The lowest BCUT2D eigenvalue weighted by atomic mass is 9.86. The fourth-order valence-corrected chi connectivity index (χ4v) is 2.54. The third kappa shape index (κ3) is 5.23. The van der Waals surface area contributed by atoms with Crippen molar-refractivity contribution in [2.45, 2.75) is 56.8 Å². The number of hydrogen-bond acceptors (Lipinski definition) is 5. The first-order valence-electron chi connectivity index (χ1n) is 7.83. The fourth-order valence-electron chi connectivity index (χ4n) is 2.54. The van der Waals surface area contributed by atoms with Gasteiger partial charge in [0.1, 0.15) is 12.1 Å². The van der Waals surface area contributed by atoms with E-state index < -0.39 is 12.1 Å². The Kier molecular flexibility index (Phi) is 7.78. The van der Waals surface area contributed by atoms with Crippen molar-refractivity contribution in [1.82, 2.24) is 15.5 Å². The minimum Gasteiger partial charge on any atom is -0.394 e. The van der Waals surface area contributed by atoms with Crippen LogP contribution < -0.4 is 10.6 Å². The van der Waals surface area contributed by atoms with Crippen LogP contribution in [-0.4, -0.2) is 73.9 Å². The minimum absolute atomic E-state index is 0.0546. The standard InChI is InChI=1S/C15H29N3O4/c1-5-6-13(22-4)15(21)17-11-7-10(8-11)16-14(20)12(9-19)18(2)3/h10-13,19H,5-9H2,1-4H3,(H,16,20)(H,17,21)/t10?,11?,12-,13?/m1/s1. The molecule has 1 fully saturated rings. The lowest BCUT2D eigenvalue weighted by Crippen LogP contribution is -2.58. The first-order valence-corrected chi connectivity index (χ1v) is 7.83. The molecular formula is C15H29N3O4. The second-order valence-corrected chi connectivity index (χ2v) is 6.06. The molecule has 0 aromatic carbocycles. The van der Waals surface area contributed by atoms with Gasteiger partial charge in [0.05, 0.1) is 6.61 Å². The van der Waals surface area contributed by atoms with Crippen LogP contribution >= 0.6 is 0 Å². The summed E-state index contributed by atoms with van der Waals surface area (Å²) in [7, 11) is 5.05. The van der Waals surface area contributed by atoms with E-state index in [1.165, 1.54) is 0 Å². The summed E-state index contributed by atoms with van der Waals surface area (Å²) in [6.45, 7) is 1.80. The molecule has 0 aromatic heterocycles. The Labute approximate surface area is 132 Å². The molecule has 0 aliphatic heterocycles. The van der Waals surface area contributed by atoms with E-state index in [-0.39, 0.29) is 30.5 Å². The fraction of sp³-hybridized carbons (Fsp3) is 0.867. The van der Waals surface area contributed by atoms with Gasteiger partial charge in [0.25, 0.3) is 0 Å². The molecule has 0 saturated heterocycles. The third-order valence-corrected chi connectivity index (χ3v) is 4.06. The van der Waals surface area contributed by atoms with Gasteiger partial charge in [-0.1, -0.05) is 13.3 Å². The summed E-state index contributed by atoms with van der Waals surface area (Å²) in [5.74, 6) is -0.260. The van der Waals surface area contributed by atoms with Crippen LogP contribution in [-0.2, 0) is 14.3 Å². The first kappa shape index (κ1) is 18.9. The zero-order valence-corrected chi connectivity index (χ0v) is 14.0. The monoisotopic (exact) mass is 315 g/mol. The van der Waals surface area contributed by atoms with Crippen molar-refractivity contribution in [2.24, 2.45) is 0 Å². The highest BCUT2D eigenvalue weighted by molar-refractivity contribution is 5.83. The smallest absolute Gasteiger partial charge is 0.249 e. The SMILES string of the molecule is CCCC(OC)C(=O)NC1CC(NC(=O)[C@@H](CO)N(C)C)C1. The van der Waals surface area contributed by atoms with Crippen LogP contribution in [0.3, 0.4) is 0 Å². The second-order valence-electron chi connectivity index (χ2n) is 6.06. The average molecular weight is 315 g/mol. The number of likely N-dealkylation sites (N-methyl/N-ethyl adjacent to an activating group) is 1. The molecule has 0 aromatic rings. The maximum Gasteiger partial charge on any atom is 0.249 e. The number of aliphatic hydroxyl groups excluding tert-OH is 1. The quantitative estimate of drug-likeness (QED) is 0.533. The summed E-state index contributed by atoms with van der Waals surface area (Å²) in [6.07, 6.45) is 2.63. The van der Waals surface area contributed by atoms with Gasteiger partial charge in [-0.25, -0.2) is 0 Å². The van der Waals surface area contributed by atoms with Crippen LogP contribution in [0.2, 0.25) is 0 Å². The number of nitrogens with one attached hydrogen (secondary N) is 2. The Balaban J connectivity index is 2.31. The number of ether oxygens (including phenoxy) is 1. The summed E-state index contributed by atoms with van der Waals surface area (Å²) < 4.78 is 5.17. The average Bonchev–Trinajstić information content (AvgIpc) is 2.42. The molecule has 0 spiro atoms. The number of amides is 2. The molecule has 128 valence electrons. The lowest BCUT2D eigenvalue weighted by Gasteiger charge is -2.38. The van der Waals surface area contributed by atoms with Gasteiger partial charge in [-0.3, -0.25) is 14.5 Å². The summed E-state index contributed by atoms with van der Waals surface area (Å²) in [5.41, 5.74) is 0. The number of carbonyl (C=O) groups excluding carboxylic acids is 2. The van der Waals surface area contributed by atoms with Crippen molar-refractivity contribution < 1.29 is 19.4 Å². The molecule has 3 N–H and O–H groups in total. The van der Waals surface area contributed by atoms with E-state index in [4.69, 9.17) is 4.74 Å². The molecule has 22 heavy (non-hydrogen) atoms. The molecule has 0 radical (unpaired) electrons. The van der Waals surface area contributed by atoms with Crippen molar-refractivity contribution in [3.05, 3.63) is 0 Å². The van der Waals surface area contributed by atoms with Crippen molar-refractivity contribution >= 4 is 11.8 Å². The molecule has 0 bridgehead atoms. The highest BCUT2D eigenvalue weighted by Gasteiger charge is 2.34. The second kappa shape index (κ2) is 9.07. The van der Waals surface area contributed by atoms with Crippen molar-refractivity contribution in [1.29, 1.82) is 0 Å². The Bertz CT molecular complexity index is 370. The van der Waals surface area contributed by atoms with E-state index in [1.807, 2.05) is 6.92 Å². The number of carbonyl (C=O) groups is 2. The highest BCUT2D eigenvalue weighted by Crippen LogP contribution is 2.20. The van der Waals surface area contributed by atoms with Gasteiger partial charge in [-0.05, 0) is 33.4 Å². The summed E-state index contributed by atoms with van der Waals surface area (Å²) in [5, 5.41) is 15.1. The maximum atomic E-state index is 12.0. The maximum absolute atomic E-state index is 12.0. The van der Waals surface area contributed by atoms with E-state index in [0.717, 1.165) is 6.42 Å². The van der Waals surface area contributed by atoms with Crippen molar-refractivity contribution in [2.75, 3.05) is 27.8 Å². The van der Waals surface area contributed by atoms with E-state index in [0.29, 0.717) is 19.3 Å². The van der Waals surface area contributed by atoms with Gasteiger partial charge in [0, 0.05) is 19.2 Å². The zero-order valence-electron chi connectivity index (χ0n) is 14.0. The van der Waals surface area contributed by atoms with Gasteiger partial charge in [0.2, 0.25) is 11.8 Å². The molecule has 1 unspecified atom stereocenters. The predicted octanol–water partition coefficient (Wildman–Crippen LogP) is -0.513. The normalized spacial score (nSPS) is 23.5. The Morgan fingerprint density at radius 1 is 1.23 bits per heavy atom. The van der Waals surface area contributed by atoms with Crippen LogP contribution in [0.1, 0.15) is 32.6 Å². The summed E-state index contributed by atoms with van der Waals surface area (Å²) in [4.78, 5) is 25.6. The van der Waals surface area contributed by atoms with E-state index in [9.17, 15) is 14.7 Å². The molecule has 1 saturated carbocycles. The Morgan fingerprint density at radius 2 is 1.77 bits per heavy atom. The Morgan fingerprint density at radius 3 is 2.18 bits per heavy atom. The number of nitrogens with zero attached hydrogens (tertiary/aromatic N) is 1. The molecule has 1 rings (SSSR count). The molecule has 1 aliphatic rings. The van der Waals surface area contributed by atoms with Gasteiger partial charge in [0.15, 0.2) is 0 Å². The van der Waals surface area contributed by atoms with E-state index in [2.05, 4.69) is 10.6 Å². The number of aliphatic hydroxyl groups is 1. The van der Waals surface area contributed by atoms with E-state index in [1.54, 1.807) is 26.1 Å². The molecule has 1 aliphatic carbocycles. The number of hydrogen-bond donors (Lipinski definition) is 3. The van der Waals surface area contributed by atoms with Crippen molar-refractivity contribution in [3.8, 4) is 0 Å². The third-order valence-electron chi connectivity index (χ3n) is 4.06. The van der Waals surface area contributed by atoms with Gasteiger partial charge >= 0.3 is 0 Å². The molecule has 7 heteroatoms.